The third-order valence-electron chi connectivity index (χ3n) is 6.09. The van der Waals surface area contributed by atoms with Crippen molar-refractivity contribution in [1.82, 2.24) is 14.9 Å². The Hall–Kier alpha value is -2.80. The highest BCUT2D eigenvalue weighted by Crippen LogP contribution is 2.35. The van der Waals surface area contributed by atoms with Gasteiger partial charge in [-0.25, -0.2) is 13.8 Å². The summed E-state index contributed by atoms with van der Waals surface area (Å²) in [4.78, 5) is 16.5. The van der Waals surface area contributed by atoms with Crippen LogP contribution in [0, 0.1) is 11.6 Å². The summed E-state index contributed by atoms with van der Waals surface area (Å²) >= 11 is 0. The second-order valence-electron chi connectivity index (χ2n) is 8.23. The van der Waals surface area contributed by atoms with Crippen LogP contribution in [0.1, 0.15) is 56.2 Å². The van der Waals surface area contributed by atoms with Gasteiger partial charge in [-0.15, -0.1) is 0 Å². The zero-order valence-electron chi connectivity index (χ0n) is 17.0. The molecular formula is C23H26F2N4O. The molecule has 1 saturated carbocycles. The summed E-state index contributed by atoms with van der Waals surface area (Å²) in [5.41, 5.74) is 8.72. The monoisotopic (exact) mass is 412 g/mol. The van der Waals surface area contributed by atoms with E-state index in [2.05, 4.69) is 10.3 Å². The van der Waals surface area contributed by atoms with Crippen LogP contribution in [0.25, 0.3) is 11.0 Å². The molecule has 2 aromatic carbocycles. The van der Waals surface area contributed by atoms with Crippen LogP contribution < -0.4 is 11.1 Å². The molecule has 0 radical (unpaired) electrons. The van der Waals surface area contributed by atoms with Crippen molar-refractivity contribution in [3.05, 3.63) is 65.5 Å². The number of carbonyl (C=O) groups is 1. The van der Waals surface area contributed by atoms with Crippen LogP contribution in [0.4, 0.5) is 8.78 Å². The van der Waals surface area contributed by atoms with Gasteiger partial charge in [0.1, 0.15) is 12.1 Å². The molecule has 1 heterocycles. The van der Waals surface area contributed by atoms with Gasteiger partial charge >= 0.3 is 0 Å². The van der Waals surface area contributed by atoms with Crippen LogP contribution in [-0.4, -0.2) is 15.5 Å². The van der Waals surface area contributed by atoms with Crippen molar-refractivity contribution in [2.45, 2.75) is 57.2 Å². The maximum Gasteiger partial charge on any atom is 0.240 e. The Morgan fingerprint density at radius 2 is 1.87 bits per heavy atom. The number of hydrogen-bond donors (Lipinski definition) is 2. The van der Waals surface area contributed by atoms with E-state index < -0.39 is 11.6 Å². The molecule has 1 amide bonds. The van der Waals surface area contributed by atoms with E-state index in [4.69, 9.17) is 5.73 Å². The lowest BCUT2D eigenvalue weighted by Gasteiger charge is -2.34. The fraction of sp³-hybridized carbons (Fsp3) is 0.391. The third kappa shape index (κ3) is 3.94. The quantitative estimate of drug-likeness (QED) is 0.656. The number of fused-ring (bicyclic) bond motifs is 1. The van der Waals surface area contributed by atoms with Crippen LogP contribution >= 0.6 is 0 Å². The van der Waals surface area contributed by atoms with Gasteiger partial charge in [0.2, 0.25) is 5.91 Å². The predicted octanol–water partition coefficient (Wildman–Crippen LogP) is 4.31. The molecule has 4 rings (SSSR count). The zero-order chi connectivity index (χ0) is 21.3. The summed E-state index contributed by atoms with van der Waals surface area (Å²) in [6, 6.07) is 10.3. The highest BCUT2D eigenvalue weighted by molar-refractivity contribution is 5.81. The number of carbonyl (C=O) groups excluding carboxylic acids is 1. The first-order valence-electron chi connectivity index (χ1n) is 10.3. The Labute approximate surface area is 174 Å². The summed E-state index contributed by atoms with van der Waals surface area (Å²) in [7, 11) is 0. The minimum absolute atomic E-state index is 0.0112. The second-order valence-corrected chi connectivity index (χ2v) is 8.23. The first-order valence-corrected chi connectivity index (χ1v) is 10.3. The van der Waals surface area contributed by atoms with Gasteiger partial charge in [0.15, 0.2) is 11.6 Å². The van der Waals surface area contributed by atoms with E-state index in [0.29, 0.717) is 5.52 Å². The molecule has 1 aromatic heterocycles. The molecule has 1 unspecified atom stereocenters. The number of imidazole rings is 1. The van der Waals surface area contributed by atoms with E-state index in [1.165, 1.54) is 23.4 Å². The average molecular weight is 412 g/mol. The van der Waals surface area contributed by atoms with Crippen molar-refractivity contribution in [2.75, 3.05) is 0 Å². The summed E-state index contributed by atoms with van der Waals surface area (Å²) in [5, 5.41) is 2.91. The van der Waals surface area contributed by atoms with Gasteiger partial charge in [-0.1, -0.05) is 43.5 Å². The number of nitrogens with one attached hydrogen (secondary N) is 1. The SMILES string of the molecule is CC(NC(=O)Cn1cnc2ccc(F)c(F)c21)c1ccc(C2(N)CCCCC2)cc1. The van der Waals surface area contributed by atoms with Crippen LogP contribution in [0.15, 0.2) is 42.7 Å². The number of nitrogens with two attached hydrogens (primary N) is 1. The van der Waals surface area contributed by atoms with Crippen molar-refractivity contribution in [3.8, 4) is 0 Å². The largest absolute Gasteiger partial charge is 0.348 e. The highest BCUT2D eigenvalue weighted by Gasteiger charge is 2.29. The van der Waals surface area contributed by atoms with Crippen molar-refractivity contribution >= 4 is 16.9 Å². The molecule has 0 spiro atoms. The first-order chi connectivity index (χ1) is 14.4. The Morgan fingerprint density at radius 3 is 2.57 bits per heavy atom. The number of benzene rings is 2. The number of amides is 1. The molecule has 0 aliphatic heterocycles. The predicted molar refractivity (Wildman–Crippen MR) is 112 cm³/mol. The topological polar surface area (TPSA) is 72.9 Å². The molecular weight excluding hydrogens is 386 g/mol. The number of rotatable bonds is 5. The van der Waals surface area contributed by atoms with Crippen LogP contribution in [0.5, 0.6) is 0 Å². The van der Waals surface area contributed by atoms with E-state index in [-0.39, 0.29) is 29.5 Å². The van der Waals surface area contributed by atoms with Gasteiger partial charge in [-0.2, -0.15) is 0 Å². The molecule has 1 aliphatic rings. The number of halogens is 2. The van der Waals surface area contributed by atoms with E-state index in [1.807, 2.05) is 31.2 Å². The Kier molecular flexibility index (Phi) is 5.56. The lowest BCUT2D eigenvalue weighted by atomic mass is 9.77. The minimum atomic E-state index is -1.00. The molecule has 1 fully saturated rings. The van der Waals surface area contributed by atoms with Gasteiger partial charge in [0.25, 0.3) is 0 Å². The molecule has 0 saturated heterocycles. The number of aromatic nitrogens is 2. The standard InChI is InChI=1S/C23H26F2N4O/c1-15(16-5-7-17(8-6-16)23(26)11-3-2-4-12-23)28-20(30)13-29-14-27-19-10-9-18(24)21(25)22(19)29/h5-10,14-15H,2-4,11-13,26H2,1H3,(H,28,30). The molecule has 3 aromatic rings. The van der Waals surface area contributed by atoms with Crippen molar-refractivity contribution in [1.29, 1.82) is 0 Å². The Morgan fingerprint density at radius 1 is 1.17 bits per heavy atom. The fourth-order valence-electron chi connectivity index (χ4n) is 4.32. The second kappa shape index (κ2) is 8.14. The summed E-state index contributed by atoms with van der Waals surface area (Å²) in [6.45, 7) is 1.74. The summed E-state index contributed by atoms with van der Waals surface area (Å²) in [6.07, 6.45) is 6.87. The van der Waals surface area contributed by atoms with Crippen LogP contribution in [0.3, 0.4) is 0 Å². The summed E-state index contributed by atoms with van der Waals surface area (Å²) < 4.78 is 29.0. The number of hydrogen-bond acceptors (Lipinski definition) is 3. The molecule has 158 valence electrons. The number of nitrogens with zero attached hydrogens (tertiary/aromatic N) is 2. The summed E-state index contributed by atoms with van der Waals surface area (Å²) in [5.74, 6) is -2.27. The van der Waals surface area contributed by atoms with Gasteiger partial charge in [-0.05, 0) is 43.0 Å². The van der Waals surface area contributed by atoms with Gasteiger partial charge in [-0.3, -0.25) is 4.79 Å². The van der Waals surface area contributed by atoms with E-state index >= 15 is 0 Å². The zero-order valence-corrected chi connectivity index (χ0v) is 17.0. The van der Waals surface area contributed by atoms with Crippen molar-refractivity contribution < 1.29 is 13.6 Å². The van der Waals surface area contributed by atoms with E-state index in [0.717, 1.165) is 42.9 Å². The lowest BCUT2D eigenvalue weighted by Crippen LogP contribution is -2.38. The normalized spacial score (nSPS) is 17.1. The maximum atomic E-state index is 14.1. The fourth-order valence-corrected chi connectivity index (χ4v) is 4.32. The van der Waals surface area contributed by atoms with Crippen LogP contribution in [0.2, 0.25) is 0 Å². The van der Waals surface area contributed by atoms with E-state index in [1.54, 1.807) is 0 Å². The molecule has 3 N–H and O–H groups in total. The maximum absolute atomic E-state index is 14.1. The Bertz CT molecular complexity index is 1060. The first kappa shape index (κ1) is 20.5. The highest BCUT2D eigenvalue weighted by atomic mass is 19.2. The van der Waals surface area contributed by atoms with Crippen molar-refractivity contribution in [2.24, 2.45) is 5.73 Å². The molecule has 1 atom stereocenters. The molecule has 0 bridgehead atoms. The van der Waals surface area contributed by atoms with E-state index in [9.17, 15) is 13.6 Å². The third-order valence-corrected chi connectivity index (χ3v) is 6.09. The van der Waals surface area contributed by atoms with Gasteiger partial charge in [0, 0.05) is 5.54 Å². The smallest absolute Gasteiger partial charge is 0.240 e. The molecule has 30 heavy (non-hydrogen) atoms. The lowest BCUT2D eigenvalue weighted by molar-refractivity contribution is -0.122. The van der Waals surface area contributed by atoms with Gasteiger partial charge < -0.3 is 15.6 Å². The minimum Gasteiger partial charge on any atom is -0.348 e. The Balaban J connectivity index is 1.43. The molecule has 7 heteroatoms. The van der Waals surface area contributed by atoms with Gasteiger partial charge in [0.05, 0.1) is 17.9 Å². The molecule has 1 aliphatic carbocycles. The molecule has 5 nitrogen and oxygen atoms in total. The average Bonchev–Trinajstić information content (AvgIpc) is 3.14. The van der Waals surface area contributed by atoms with Crippen LogP contribution in [-0.2, 0) is 16.9 Å². The van der Waals surface area contributed by atoms with Crippen molar-refractivity contribution in [3.63, 3.8) is 0 Å².